The van der Waals surface area contributed by atoms with Gasteiger partial charge in [0.25, 0.3) is 0 Å². The number of benzene rings is 1. The minimum Gasteiger partial charge on any atom is -0.478 e. The Labute approximate surface area is 124 Å². The lowest BCUT2D eigenvalue weighted by atomic mass is 10.2. The maximum Gasteiger partial charge on any atom is 0.337 e. The first kappa shape index (κ1) is 15.8. The SMILES string of the molecule is CCCCN(C1CC1)S(=O)(=O)c1ccc(N)cc1C(=O)O. The normalized spacial score (nSPS) is 15.3. The fraction of sp³-hybridized carbons (Fsp3) is 0.500. The lowest BCUT2D eigenvalue weighted by molar-refractivity contribution is 0.0692. The van der Waals surface area contributed by atoms with Gasteiger partial charge in [-0.05, 0) is 37.5 Å². The van der Waals surface area contributed by atoms with Crippen LogP contribution in [0.25, 0.3) is 0 Å². The van der Waals surface area contributed by atoms with Gasteiger partial charge in [-0.1, -0.05) is 13.3 Å². The second-order valence-corrected chi connectivity index (χ2v) is 7.12. The number of carbonyl (C=O) groups is 1. The fourth-order valence-electron chi connectivity index (χ4n) is 2.24. The molecule has 6 nitrogen and oxygen atoms in total. The predicted octanol–water partition coefficient (Wildman–Crippen LogP) is 1.92. The largest absolute Gasteiger partial charge is 0.478 e. The van der Waals surface area contributed by atoms with E-state index in [1.807, 2.05) is 6.92 Å². The molecule has 0 radical (unpaired) electrons. The van der Waals surface area contributed by atoms with Crippen molar-refractivity contribution in [1.29, 1.82) is 0 Å². The van der Waals surface area contributed by atoms with E-state index in [1.165, 1.54) is 22.5 Å². The number of unbranched alkanes of at least 4 members (excludes halogenated alkanes) is 1. The Balaban J connectivity index is 2.44. The summed E-state index contributed by atoms with van der Waals surface area (Å²) in [5.41, 5.74) is 5.53. The van der Waals surface area contributed by atoms with E-state index < -0.39 is 16.0 Å². The second-order valence-electron chi connectivity index (χ2n) is 5.26. The number of sulfonamides is 1. The molecule has 0 bridgehead atoms. The molecule has 1 fully saturated rings. The Morgan fingerprint density at radius 2 is 2.10 bits per heavy atom. The van der Waals surface area contributed by atoms with Gasteiger partial charge in [0.1, 0.15) is 0 Å². The Morgan fingerprint density at radius 3 is 2.62 bits per heavy atom. The zero-order chi connectivity index (χ0) is 15.6. The van der Waals surface area contributed by atoms with Gasteiger partial charge in [-0.2, -0.15) is 4.31 Å². The number of carboxylic acid groups (broad SMARTS) is 1. The molecule has 3 N–H and O–H groups in total. The van der Waals surface area contributed by atoms with Crippen molar-refractivity contribution in [2.24, 2.45) is 0 Å². The number of rotatable bonds is 7. The summed E-state index contributed by atoms with van der Waals surface area (Å²) in [7, 11) is -3.81. The molecule has 0 spiro atoms. The highest BCUT2D eigenvalue weighted by Crippen LogP contribution is 2.33. The van der Waals surface area contributed by atoms with Crippen molar-refractivity contribution in [3.63, 3.8) is 0 Å². The number of nitrogens with two attached hydrogens (primary N) is 1. The molecule has 0 saturated heterocycles. The Morgan fingerprint density at radius 1 is 1.43 bits per heavy atom. The Kier molecular flexibility index (Phi) is 4.53. The number of hydrogen-bond acceptors (Lipinski definition) is 4. The summed E-state index contributed by atoms with van der Waals surface area (Å²) in [6, 6.07) is 3.90. The molecule has 0 aliphatic heterocycles. The minimum absolute atomic E-state index is 0.000693. The first-order valence-corrected chi connectivity index (χ1v) is 8.46. The van der Waals surface area contributed by atoms with Crippen molar-refractivity contribution in [2.45, 2.75) is 43.5 Å². The van der Waals surface area contributed by atoms with Crippen LogP contribution in [0, 0.1) is 0 Å². The van der Waals surface area contributed by atoms with E-state index in [0.717, 1.165) is 25.7 Å². The monoisotopic (exact) mass is 312 g/mol. The summed E-state index contributed by atoms with van der Waals surface area (Å²) in [4.78, 5) is 11.1. The minimum atomic E-state index is -3.81. The maximum absolute atomic E-state index is 12.8. The average Bonchev–Trinajstić information content (AvgIpc) is 3.23. The predicted molar refractivity (Wildman–Crippen MR) is 79.6 cm³/mol. The summed E-state index contributed by atoms with van der Waals surface area (Å²) in [5.74, 6) is -1.29. The number of nitrogen functional groups attached to an aromatic ring is 1. The molecule has 7 heteroatoms. The first-order valence-electron chi connectivity index (χ1n) is 7.02. The van der Waals surface area contributed by atoms with E-state index in [9.17, 15) is 18.3 Å². The molecule has 2 rings (SSSR count). The van der Waals surface area contributed by atoms with Crippen molar-refractivity contribution in [1.82, 2.24) is 4.31 Å². The average molecular weight is 312 g/mol. The quantitative estimate of drug-likeness (QED) is 0.749. The first-order chi connectivity index (χ1) is 9.87. The van der Waals surface area contributed by atoms with E-state index in [1.54, 1.807) is 0 Å². The smallest absolute Gasteiger partial charge is 0.337 e. The third kappa shape index (κ3) is 3.36. The van der Waals surface area contributed by atoms with Crippen LogP contribution in [0.15, 0.2) is 23.1 Å². The standard InChI is InChI=1S/C14H20N2O4S/c1-2-3-8-16(11-5-6-11)21(19,20)13-7-4-10(15)9-12(13)14(17)18/h4,7,9,11H,2-3,5-6,8,15H2,1H3,(H,17,18). The molecule has 1 aliphatic carbocycles. The number of aromatic carboxylic acids is 1. The third-order valence-electron chi connectivity index (χ3n) is 3.51. The molecule has 0 amide bonds. The summed E-state index contributed by atoms with van der Waals surface area (Å²) >= 11 is 0. The molecule has 116 valence electrons. The summed E-state index contributed by atoms with van der Waals surface area (Å²) in [5, 5.41) is 9.23. The van der Waals surface area contributed by atoms with Crippen LogP contribution in [0.3, 0.4) is 0 Å². The molecule has 1 saturated carbocycles. The zero-order valence-electron chi connectivity index (χ0n) is 11.9. The van der Waals surface area contributed by atoms with Crippen molar-refractivity contribution in [3.05, 3.63) is 23.8 Å². The Hall–Kier alpha value is -1.60. The van der Waals surface area contributed by atoms with Crippen LogP contribution in [0.5, 0.6) is 0 Å². The molecule has 0 unspecified atom stereocenters. The molecule has 0 aromatic heterocycles. The second kappa shape index (κ2) is 6.03. The van der Waals surface area contributed by atoms with Crippen LogP contribution in [-0.4, -0.2) is 36.4 Å². The third-order valence-corrected chi connectivity index (χ3v) is 5.52. The van der Waals surface area contributed by atoms with E-state index in [4.69, 9.17) is 5.73 Å². The molecule has 1 aromatic carbocycles. The number of nitrogens with zero attached hydrogens (tertiary/aromatic N) is 1. The lowest BCUT2D eigenvalue weighted by Gasteiger charge is -2.22. The highest BCUT2D eigenvalue weighted by atomic mass is 32.2. The van der Waals surface area contributed by atoms with Gasteiger partial charge in [-0.3, -0.25) is 0 Å². The fourth-order valence-corrected chi connectivity index (χ4v) is 4.13. The topological polar surface area (TPSA) is 101 Å². The van der Waals surface area contributed by atoms with Crippen LogP contribution in [0.2, 0.25) is 0 Å². The molecule has 21 heavy (non-hydrogen) atoms. The van der Waals surface area contributed by atoms with Gasteiger partial charge in [0, 0.05) is 18.3 Å². The summed E-state index contributed by atoms with van der Waals surface area (Å²) < 4.78 is 27.0. The molecular formula is C14H20N2O4S. The van der Waals surface area contributed by atoms with E-state index in [2.05, 4.69) is 0 Å². The van der Waals surface area contributed by atoms with E-state index >= 15 is 0 Å². The molecule has 1 aromatic rings. The van der Waals surface area contributed by atoms with Gasteiger partial charge in [0.15, 0.2) is 0 Å². The Bertz CT molecular complexity index is 638. The number of anilines is 1. The van der Waals surface area contributed by atoms with Gasteiger partial charge >= 0.3 is 5.97 Å². The number of hydrogen-bond donors (Lipinski definition) is 2. The van der Waals surface area contributed by atoms with Crippen LogP contribution in [0.1, 0.15) is 43.0 Å². The maximum atomic E-state index is 12.8. The number of carboxylic acids is 1. The molecule has 1 aliphatic rings. The summed E-state index contributed by atoms with van der Waals surface area (Å²) in [6.07, 6.45) is 3.31. The van der Waals surface area contributed by atoms with Gasteiger partial charge in [0.2, 0.25) is 10.0 Å². The molecule has 0 atom stereocenters. The van der Waals surface area contributed by atoms with Gasteiger partial charge in [0.05, 0.1) is 10.5 Å². The van der Waals surface area contributed by atoms with Crippen molar-refractivity contribution in [2.75, 3.05) is 12.3 Å². The molecular weight excluding hydrogens is 292 g/mol. The van der Waals surface area contributed by atoms with Gasteiger partial charge < -0.3 is 10.8 Å². The van der Waals surface area contributed by atoms with Gasteiger partial charge in [-0.15, -0.1) is 0 Å². The van der Waals surface area contributed by atoms with E-state index in [-0.39, 0.29) is 22.2 Å². The zero-order valence-corrected chi connectivity index (χ0v) is 12.8. The van der Waals surface area contributed by atoms with Crippen LogP contribution >= 0.6 is 0 Å². The van der Waals surface area contributed by atoms with E-state index in [0.29, 0.717) is 6.54 Å². The van der Waals surface area contributed by atoms with Crippen molar-refractivity contribution < 1.29 is 18.3 Å². The molecule has 0 heterocycles. The highest BCUT2D eigenvalue weighted by Gasteiger charge is 2.39. The van der Waals surface area contributed by atoms with Crippen molar-refractivity contribution in [3.8, 4) is 0 Å². The van der Waals surface area contributed by atoms with Crippen LogP contribution in [-0.2, 0) is 10.0 Å². The lowest BCUT2D eigenvalue weighted by Crippen LogP contribution is -2.35. The van der Waals surface area contributed by atoms with Crippen LogP contribution in [0.4, 0.5) is 5.69 Å². The summed E-state index contributed by atoms with van der Waals surface area (Å²) in [6.45, 7) is 2.41. The van der Waals surface area contributed by atoms with Crippen LogP contribution < -0.4 is 5.73 Å². The highest BCUT2D eigenvalue weighted by molar-refractivity contribution is 7.89. The van der Waals surface area contributed by atoms with Gasteiger partial charge in [-0.25, -0.2) is 13.2 Å². The van der Waals surface area contributed by atoms with Crippen molar-refractivity contribution >= 4 is 21.7 Å².